The molecule has 0 heterocycles. The third kappa shape index (κ3) is 5.35. The van der Waals surface area contributed by atoms with Gasteiger partial charge in [0.1, 0.15) is 0 Å². The smallest absolute Gasteiger partial charge is 0.322 e. The van der Waals surface area contributed by atoms with Crippen molar-refractivity contribution in [2.45, 2.75) is 96.1 Å². The van der Waals surface area contributed by atoms with Crippen molar-refractivity contribution in [1.29, 1.82) is 0 Å². The van der Waals surface area contributed by atoms with Crippen LogP contribution in [0.25, 0.3) is 0 Å². The molecule has 21 heavy (non-hydrogen) atoms. The van der Waals surface area contributed by atoms with Gasteiger partial charge in [-0.15, -0.1) is 0 Å². The van der Waals surface area contributed by atoms with E-state index >= 15 is 0 Å². The molecule has 1 unspecified atom stereocenters. The Morgan fingerprint density at radius 2 is 1.62 bits per heavy atom. The van der Waals surface area contributed by atoms with E-state index in [0.29, 0.717) is 6.04 Å². The second-order valence-corrected chi connectivity index (χ2v) is 8.68. The summed E-state index contributed by atoms with van der Waals surface area (Å²) >= 11 is 0. The van der Waals surface area contributed by atoms with Gasteiger partial charge in [-0.25, -0.2) is 9.76 Å². The fraction of sp³-hybridized carbons (Fsp3) is 1.00. The maximum absolute atomic E-state index is 13.0. The minimum atomic E-state index is -3.39. The molecule has 0 aromatic rings. The molecule has 0 aromatic heterocycles. The number of rotatable bonds is 7. The first-order chi connectivity index (χ1) is 10.1. The van der Waals surface area contributed by atoms with Crippen LogP contribution in [0.5, 0.6) is 0 Å². The molecular weight excluding hydrogens is 283 g/mol. The molecule has 2 rings (SSSR count). The molecule has 1 atom stereocenters. The summed E-state index contributed by atoms with van der Waals surface area (Å²) in [7, 11) is -3.39. The van der Waals surface area contributed by atoms with Crippen LogP contribution in [0.3, 0.4) is 0 Å². The molecule has 0 spiro atoms. The number of unbranched alkanes of at least 4 members (excludes halogenated alkanes) is 1. The molecule has 2 aliphatic carbocycles. The number of hydrogen-bond donors (Lipinski definition) is 2. The Hall–Kier alpha value is 0.110. The molecule has 5 heteroatoms. The second-order valence-electron chi connectivity index (χ2n) is 6.82. The first kappa shape index (κ1) is 17.5. The van der Waals surface area contributed by atoms with Crippen LogP contribution in [0, 0.1) is 0 Å². The molecule has 0 radical (unpaired) electrons. The van der Waals surface area contributed by atoms with Crippen molar-refractivity contribution in [1.82, 2.24) is 9.76 Å². The first-order valence-corrected chi connectivity index (χ1v) is 10.6. The lowest BCUT2D eigenvalue weighted by Crippen LogP contribution is -2.41. The molecule has 0 amide bonds. The van der Waals surface area contributed by atoms with E-state index < -0.39 is 7.67 Å². The lowest BCUT2D eigenvalue weighted by Gasteiger charge is -2.38. The van der Waals surface area contributed by atoms with Crippen LogP contribution >= 0.6 is 7.67 Å². The van der Waals surface area contributed by atoms with Crippen molar-refractivity contribution in [2.75, 3.05) is 6.54 Å². The van der Waals surface area contributed by atoms with Crippen LogP contribution < -0.4 is 5.09 Å². The SMILES string of the molecule is CCCCN(C1CCCCC1)P(=O)(O)NC1CCCCC1. The summed E-state index contributed by atoms with van der Waals surface area (Å²) in [5.74, 6) is 0. The number of nitrogens with zero attached hydrogens (tertiary/aromatic N) is 1. The van der Waals surface area contributed by atoms with Crippen LogP contribution in [0.15, 0.2) is 0 Å². The Morgan fingerprint density at radius 1 is 1.05 bits per heavy atom. The molecular formula is C16H33N2O2P. The van der Waals surface area contributed by atoms with E-state index in [-0.39, 0.29) is 6.04 Å². The van der Waals surface area contributed by atoms with E-state index in [1.807, 2.05) is 4.67 Å². The molecule has 4 nitrogen and oxygen atoms in total. The lowest BCUT2D eigenvalue weighted by molar-refractivity contribution is 0.216. The zero-order valence-corrected chi connectivity index (χ0v) is 14.5. The van der Waals surface area contributed by atoms with Gasteiger partial charge < -0.3 is 4.89 Å². The standard InChI is InChI=1S/C16H33N2O2P/c1-2-3-14-18(16-12-8-5-9-13-16)21(19,20)17-15-10-6-4-7-11-15/h15-16H,2-14H2,1H3,(H2,17,19,20). The molecule has 2 saturated carbocycles. The zero-order chi connectivity index (χ0) is 15.1. The largest absolute Gasteiger partial charge is 0.341 e. The topological polar surface area (TPSA) is 52.6 Å². The zero-order valence-electron chi connectivity index (χ0n) is 13.6. The Labute approximate surface area is 130 Å². The van der Waals surface area contributed by atoms with Gasteiger partial charge in [0, 0.05) is 18.6 Å². The van der Waals surface area contributed by atoms with Crippen LogP contribution in [-0.2, 0) is 4.57 Å². The fourth-order valence-electron chi connectivity index (χ4n) is 3.78. The van der Waals surface area contributed by atoms with Crippen LogP contribution in [0.4, 0.5) is 0 Å². The quantitative estimate of drug-likeness (QED) is 0.682. The van der Waals surface area contributed by atoms with Crippen LogP contribution in [0.1, 0.15) is 84.0 Å². The van der Waals surface area contributed by atoms with Gasteiger partial charge in [0.25, 0.3) is 0 Å². The third-order valence-corrected chi connectivity index (χ3v) is 6.97. The Kier molecular flexibility index (Phi) is 7.21. The van der Waals surface area contributed by atoms with Gasteiger partial charge in [-0.2, -0.15) is 0 Å². The third-order valence-electron chi connectivity index (χ3n) is 5.04. The Balaban J connectivity index is 1.99. The van der Waals surface area contributed by atoms with Crippen molar-refractivity contribution < 1.29 is 9.46 Å². The second kappa shape index (κ2) is 8.67. The Bertz CT molecular complexity index is 339. The summed E-state index contributed by atoms with van der Waals surface area (Å²) in [6.45, 7) is 2.91. The molecule has 2 N–H and O–H groups in total. The van der Waals surface area contributed by atoms with E-state index in [2.05, 4.69) is 12.0 Å². The highest BCUT2D eigenvalue weighted by molar-refractivity contribution is 7.53. The van der Waals surface area contributed by atoms with Crippen molar-refractivity contribution in [3.05, 3.63) is 0 Å². The van der Waals surface area contributed by atoms with Crippen LogP contribution in [-0.4, -0.2) is 28.2 Å². The monoisotopic (exact) mass is 316 g/mol. The molecule has 0 saturated heterocycles. The minimum Gasteiger partial charge on any atom is -0.322 e. The summed E-state index contributed by atoms with van der Waals surface area (Å²) in [6.07, 6.45) is 13.7. The summed E-state index contributed by atoms with van der Waals surface area (Å²) in [5, 5.41) is 3.14. The lowest BCUT2D eigenvalue weighted by atomic mass is 9.95. The highest BCUT2D eigenvalue weighted by Gasteiger charge is 2.36. The van der Waals surface area contributed by atoms with E-state index in [1.54, 1.807) is 0 Å². The average Bonchev–Trinajstić information content (AvgIpc) is 2.49. The maximum Gasteiger partial charge on any atom is 0.341 e. The molecule has 0 bridgehead atoms. The number of hydrogen-bond acceptors (Lipinski definition) is 1. The highest BCUT2D eigenvalue weighted by Crippen LogP contribution is 2.46. The molecule has 2 fully saturated rings. The van der Waals surface area contributed by atoms with Crippen LogP contribution in [0.2, 0.25) is 0 Å². The Morgan fingerprint density at radius 3 is 2.19 bits per heavy atom. The van der Waals surface area contributed by atoms with Crippen molar-refractivity contribution in [3.8, 4) is 0 Å². The van der Waals surface area contributed by atoms with Gasteiger partial charge in [0.2, 0.25) is 0 Å². The average molecular weight is 316 g/mol. The maximum atomic E-state index is 13.0. The first-order valence-electron chi connectivity index (χ1n) is 9.01. The van der Waals surface area contributed by atoms with E-state index in [4.69, 9.17) is 0 Å². The molecule has 0 aromatic carbocycles. The summed E-state index contributed by atoms with van der Waals surface area (Å²) in [6, 6.07) is 0.541. The summed E-state index contributed by atoms with van der Waals surface area (Å²) in [4.78, 5) is 10.7. The summed E-state index contributed by atoms with van der Waals surface area (Å²) < 4.78 is 14.9. The molecule has 2 aliphatic rings. The van der Waals surface area contributed by atoms with Gasteiger partial charge in [-0.1, -0.05) is 51.9 Å². The molecule has 0 aliphatic heterocycles. The van der Waals surface area contributed by atoms with Gasteiger partial charge in [-0.3, -0.25) is 4.57 Å². The van der Waals surface area contributed by atoms with Crippen molar-refractivity contribution in [2.24, 2.45) is 0 Å². The number of nitrogens with one attached hydrogen (secondary N) is 1. The van der Waals surface area contributed by atoms with Crippen molar-refractivity contribution in [3.63, 3.8) is 0 Å². The fourth-order valence-corrected chi connectivity index (χ4v) is 5.75. The van der Waals surface area contributed by atoms with Gasteiger partial charge >= 0.3 is 7.67 Å². The van der Waals surface area contributed by atoms with Gasteiger partial charge in [0.05, 0.1) is 0 Å². The van der Waals surface area contributed by atoms with E-state index in [0.717, 1.165) is 45.1 Å². The van der Waals surface area contributed by atoms with E-state index in [9.17, 15) is 9.46 Å². The van der Waals surface area contributed by atoms with E-state index in [1.165, 1.54) is 38.5 Å². The predicted molar refractivity (Wildman–Crippen MR) is 88.3 cm³/mol. The normalized spacial score (nSPS) is 25.1. The van der Waals surface area contributed by atoms with Gasteiger partial charge in [-0.05, 0) is 32.1 Å². The minimum absolute atomic E-state index is 0.238. The predicted octanol–water partition coefficient (Wildman–Crippen LogP) is 4.44. The summed E-state index contributed by atoms with van der Waals surface area (Å²) in [5.41, 5.74) is 0. The van der Waals surface area contributed by atoms with Gasteiger partial charge in [0.15, 0.2) is 0 Å². The highest BCUT2D eigenvalue weighted by atomic mass is 31.2. The molecule has 124 valence electrons. The van der Waals surface area contributed by atoms with Crippen molar-refractivity contribution >= 4 is 7.67 Å².